The number of methoxy groups -OCH3 is 1. The van der Waals surface area contributed by atoms with Gasteiger partial charge in [-0.2, -0.15) is 4.31 Å². The number of ether oxygens (including phenoxy) is 3. The highest BCUT2D eigenvalue weighted by molar-refractivity contribution is 7.91. The predicted octanol–water partition coefficient (Wildman–Crippen LogP) is 5.52. The van der Waals surface area contributed by atoms with E-state index in [0.29, 0.717) is 35.9 Å². The fourth-order valence-corrected chi connectivity index (χ4v) is 7.73. The van der Waals surface area contributed by atoms with Crippen LogP contribution in [0.15, 0.2) is 64.2 Å². The lowest BCUT2D eigenvalue weighted by Crippen LogP contribution is -2.48. The summed E-state index contributed by atoms with van der Waals surface area (Å²) in [6.45, 7) is 5.96. The molecule has 4 rings (SSSR count). The summed E-state index contributed by atoms with van der Waals surface area (Å²) in [6, 6.07) is 14.0. The average molecular weight is 703 g/mol. The van der Waals surface area contributed by atoms with Crippen molar-refractivity contribution in [2.75, 3.05) is 51.1 Å². The molecule has 3 N–H and O–H groups in total. The molecule has 0 radical (unpaired) electrons. The number of carbonyl (C=O) groups is 2. The molecule has 0 bridgehead atoms. The summed E-state index contributed by atoms with van der Waals surface area (Å²) in [4.78, 5) is 28.8. The van der Waals surface area contributed by atoms with Gasteiger partial charge in [0.25, 0.3) is 15.9 Å². The minimum Gasteiger partial charge on any atom is -0.497 e. The van der Waals surface area contributed by atoms with Gasteiger partial charge in [0.15, 0.2) is 0 Å². The number of anilines is 2. The van der Waals surface area contributed by atoms with Crippen molar-refractivity contribution >= 4 is 44.7 Å². The summed E-state index contributed by atoms with van der Waals surface area (Å²) in [6.07, 6.45) is 1.49. The van der Waals surface area contributed by atoms with Crippen LogP contribution in [0.2, 0.25) is 0 Å². The van der Waals surface area contributed by atoms with Gasteiger partial charge >= 0.3 is 6.03 Å². The number of amides is 3. The van der Waals surface area contributed by atoms with E-state index >= 15 is 0 Å². The average Bonchev–Trinajstić information content (AvgIpc) is 3.62. The summed E-state index contributed by atoms with van der Waals surface area (Å²) in [5.41, 5.74) is 1.16. The SMILES string of the molecule is COc1ccc(NC(=O)Nc2ccc3c(c2)C(=O)N([C@@H](C)CO)C[C@H](C)[C@@H](CN(C)S(=O)(=O)c2cccs2)OCCCC[C@H](C)O3)cc1. The number of aliphatic hydroxyl groups excluding tert-OH is 1. The number of nitrogens with zero attached hydrogens (tertiary/aromatic N) is 2. The van der Waals surface area contributed by atoms with E-state index < -0.39 is 34.1 Å². The molecule has 0 aliphatic carbocycles. The van der Waals surface area contributed by atoms with E-state index in [1.807, 2.05) is 13.8 Å². The number of hydrogen-bond donors (Lipinski definition) is 3. The minimum atomic E-state index is -3.72. The van der Waals surface area contributed by atoms with Gasteiger partial charge in [-0.3, -0.25) is 4.79 Å². The first-order chi connectivity index (χ1) is 22.9. The molecule has 0 saturated heterocycles. The number of sulfonamides is 1. The number of rotatable bonds is 9. The topological polar surface area (TPSA) is 147 Å². The van der Waals surface area contributed by atoms with Crippen LogP contribution in [-0.2, 0) is 14.8 Å². The Bertz CT molecular complexity index is 1600. The molecule has 0 fully saturated rings. The number of benzene rings is 2. The minimum absolute atomic E-state index is 0.0877. The van der Waals surface area contributed by atoms with Crippen LogP contribution in [0.25, 0.3) is 0 Å². The van der Waals surface area contributed by atoms with Gasteiger partial charge in [-0.05, 0) is 87.0 Å². The maximum atomic E-state index is 14.3. The summed E-state index contributed by atoms with van der Waals surface area (Å²) in [5.74, 6) is 0.305. The molecule has 3 amide bonds. The van der Waals surface area contributed by atoms with Crippen LogP contribution < -0.4 is 20.1 Å². The normalized spacial score (nSPS) is 20.3. The largest absolute Gasteiger partial charge is 0.497 e. The molecule has 1 aromatic heterocycles. The molecule has 3 aromatic rings. The Morgan fingerprint density at radius 3 is 2.50 bits per heavy atom. The van der Waals surface area contributed by atoms with Crippen molar-refractivity contribution in [3.63, 3.8) is 0 Å². The Morgan fingerprint density at radius 2 is 1.83 bits per heavy atom. The van der Waals surface area contributed by atoms with Gasteiger partial charge in [0.05, 0.1) is 37.5 Å². The highest BCUT2D eigenvalue weighted by atomic mass is 32.2. The summed E-state index contributed by atoms with van der Waals surface area (Å²) >= 11 is 1.15. The van der Waals surface area contributed by atoms with E-state index in [1.54, 1.807) is 78.9 Å². The lowest BCUT2D eigenvalue weighted by atomic mass is 10.0. The highest BCUT2D eigenvalue weighted by Crippen LogP contribution is 2.29. The Balaban J connectivity index is 1.61. The maximum absolute atomic E-state index is 14.3. The molecule has 0 saturated carbocycles. The zero-order chi connectivity index (χ0) is 34.8. The number of aliphatic hydroxyl groups is 1. The molecule has 262 valence electrons. The number of carbonyl (C=O) groups excluding carboxylic acids is 2. The summed E-state index contributed by atoms with van der Waals surface area (Å²) in [5, 5.41) is 17.5. The Labute approximate surface area is 287 Å². The standard InChI is InChI=1S/C34H46N4O8S2/c1-23-20-38(24(2)22-39)33(40)29-19-27(36-34(41)35-26-11-14-28(44-5)15-12-26)13-16-30(29)46-25(3)9-6-7-17-45-31(23)21-37(4)48(42,43)32-10-8-18-47-32/h8,10-16,18-19,23-25,31,39H,6-7,9,17,20-22H2,1-5H3,(H2,35,36,41)/t23-,24-,25-,31+/m0/s1. The third kappa shape index (κ3) is 9.69. The number of nitrogens with one attached hydrogen (secondary N) is 2. The fraction of sp³-hybridized carbons (Fsp3) is 0.471. The number of likely N-dealkylation sites (N-methyl/N-ethyl adjacent to an activating group) is 1. The van der Waals surface area contributed by atoms with Crippen molar-refractivity contribution < 1.29 is 37.3 Å². The third-order valence-electron chi connectivity index (χ3n) is 8.25. The van der Waals surface area contributed by atoms with E-state index in [-0.39, 0.29) is 41.5 Å². The Kier molecular flexibility index (Phi) is 13.2. The quantitative estimate of drug-likeness (QED) is 0.264. The third-order valence-corrected chi connectivity index (χ3v) is 11.5. The van der Waals surface area contributed by atoms with Crippen molar-refractivity contribution in [1.29, 1.82) is 0 Å². The molecule has 2 aromatic carbocycles. The van der Waals surface area contributed by atoms with Crippen molar-refractivity contribution in [1.82, 2.24) is 9.21 Å². The van der Waals surface area contributed by atoms with Gasteiger partial charge in [-0.25, -0.2) is 13.2 Å². The van der Waals surface area contributed by atoms with Gasteiger partial charge in [0.1, 0.15) is 15.7 Å². The van der Waals surface area contributed by atoms with Crippen molar-refractivity contribution in [2.24, 2.45) is 5.92 Å². The fourth-order valence-electron chi connectivity index (χ4n) is 5.35. The zero-order valence-electron chi connectivity index (χ0n) is 28.0. The molecule has 1 aliphatic rings. The second kappa shape index (κ2) is 17.1. The van der Waals surface area contributed by atoms with Gasteiger partial charge in [0, 0.05) is 44.0 Å². The van der Waals surface area contributed by atoms with E-state index in [4.69, 9.17) is 14.2 Å². The van der Waals surface area contributed by atoms with Gasteiger partial charge in [-0.1, -0.05) is 13.0 Å². The van der Waals surface area contributed by atoms with Crippen molar-refractivity contribution in [3.8, 4) is 11.5 Å². The maximum Gasteiger partial charge on any atom is 0.323 e. The van der Waals surface area contributed by atoms with Crippen LogP contribution in [0.4, 0.5) is 16.2 Å². The molecule has 12 nitrogen and oxygen atoms in total. The number of hydrogen-bond acceptors (Lipinski definition) is 9. The summed E-state index contributed by atoms with van der Waals surface area (Å²) < 4.78 is 45.8. The molecule has 14 heteroatoms. The molecular formula is C34H46N4O8S2. The van der Waals surface area contributed by atoms with Crippen LogP contribution in [0.5, 0.6) is 11.5 Å². The van der Waals surface area contributed by atoms with Crippen LogP contribution in [0.1, 0.15) is 50.4 Å². The smallest absolute Gasteiger partial charge is 0.323 e. The van der Waals surface area contributed by atoms with Gasteiger partial charge in [-0.15, -0.1) is 11.3 Å². The first kappa shape index (κ1) is 37.1. The predicted molar refractivity (Wildman–Crippen MR) is 187 cm³/mol. The first-order valence-corrected chi connectivity index (χ1v) is 18.3. The molecule has 0 spiro atoms. The van der Waals surface area contributed by atoms with Crippen molar-refractivity contribution in [2.45, 2.75) is 62.5 Å². The number of thiophene rings is 1. The van der Waals surface area contributed by atoms with Gasteiger partial charge < -0.3 is 34.9 Å². The summed E-state index contributed by atoms with van der Waals surface area (Å²) in [7, 11) is -0.628. The highest BCUT2D eigenvalue weighted by Gasteiger charge is 2.32. The van der Waals surface area contributed by atoms with Gasteiger partial charge in [0.2, 0.25) is 0 Å². The molecule has 48 heavy (non-hydrogen) atoms. The molecule has 4 atom stereocenters. The monoisotopic (exact) mass is 702 g/mol. The van der Waals surface area contributed by atoms with E-state index in [2.05, 4.69) is 10.6 Å². The van der Waals surface area contributed by atoms with Crippen LogP contribution in [0.3, 0.4) is 0 Å². The number of fused-ring (bicyclic) bond motifs is 1. The second-order valence-electron chi connectivity index (χ2n) is 12.0. The van der Waals surface area contributed by atoms with E-state index in [0.717, 1.165) is 24.2 Å². The molecule has 1 aliphatic heterocycles. The van der Waals surface area contributed by atoms with Crippen LogP contribution in [-0.4, -0.2) is 93.4 Å². The zero-order valence-corrected chi connectivity index (χ0v) is 29.7. The Morgan fingerprint density at radius 1 is 1.12 bits per heavy atom. The lowest BCUT2D eigenvalue weighted by molar-refractivity contribution is -0.00832. The lowest BCUT2D eigenvalue weighted by Gasteiger charge is -2.35. The molecule has 0 unspecified atom stereocenters. The number of urea groups is 1. The second-order valence-corrected chi connectivity index (χ2v) is 15.3. The first-order valence-electron chi connectivity index (χ1n) is 16.0. The van der Waals surface area contributed by atoms with Crippen LogP contribution >= 0.6 is 11.3 Å². The van der Waals surface area contributed by atoms with E-state index in [1.165, 1.54) is 11.4 Å². The molecule has 2 heterocycles. The Hall–Kier alpha value is -3.69. The van der Waals surface area contributed by atoms with Crippen LogP contribution in [0, 0.1) is 5.92 Å². The van der Waals surface area contributed by atoms with E-state index in [9.17, 15) is 23.1 Å². The van der Waals surface area contributed by atoms with Crippen molar-refractivity contribution in [3.05, 3.63) is 65.5 Å². The molecular weight excluding hydrogens is 657 g/mol.